The minimum Gasteiger partial charge on any atom is -0.496 e. The Labute approximate surface area is 174 Å². The number of amides is 1. The van der Waals surface area contributed by atoms with Gasteiger partial charge in [0.15, 0.2) is 12.4 Å². The van der Waals surface area contributed by atoms with Crippen LogP contribution in [0.1, 0.15) is 17.2 Å². The summed E-state index contributed by atoms with van der Waals surface area (Å²) in [7, 11) is 1.42. The van der Waals surface area contributed by atoms with E-state index in [1.54, 1.807) is 6.07 Å². The van der Waals surface area contributed by atoms with Crippen molar-refractivity contribution < 1.29 is 19.2 Å². The Balaban J connectivity index is 1.70. The van der Waals surface area contributed by atoms with Crippen molar-refractivity contribution in [3.05, 3.63) is 100 Å². The van der Waals surface area contributed by atoms with Gasteiger partial charge in [-0.05, 0) is 29.7 Å². The topological polar surface area (TPSA) is 90.7 Å². The summed E-state index contributed by atoms with van der Waals surface area (Å²) in [5.41, 5.74) is 1.79. The summed E-state index contributed by atoms with van der Waals surface area (Å²) in [5.74, 6) is -0.0225. The third-order valence-electron chi connectivity index (χ3n) is 4.54. The number of carbonyl (C=O) groups is 1. The van der Waals surface area contributed by atoms with Gasteiger partial charge in [0, 0.05) is 0 Å². The van der Waals surface area contributed by atoms with E-state index in [-0.39, 0.29) is 30.0 Å². The van der Waals surface area contributed by atoms with Crippen molar-refractivity contribution in [2.24, 2.45) is 0 Å². The number of hydrogen-bond donors (Lipinski definition) is 1. The molecule has 0 spiro atoms. The molecule has 0 bridgehead atoms. The van der Waals surface area contributed by atoms with Gasteiger partial charge in [0.05, 0.1) is 24.1 Å². The van der Waals surface area contributed by atoms with Crippen LogP contribution in [0.15, 0.2) is 78.9 Å². The summed E-state index contributed by atoms with van der Waals surface area (Å²) in [4.78, 5) is 23.3. The highest BCUT2D eigenvalue weighted by molar-refractivity contribution is 5.78. The van der Waals surface area contributed by atoms with Crippen LogP contribution in [0.5, 0.6) is 11.5 Å². The Morgan fingerprint density at radius 2 is 1.70 bits per heavy atom. The molecule has 7 nitrogen and oxygen atoms in total. The molecule has 0 unspecified atom stereocenters. The number of ether oxygens (including phenoxy) is 2. The Kier molecular flexibility index (Phi) is 7.00. The molecule has 0 radical (unpaired) electrons. The van der Waals surface area contributed by atoms with Crippen LogP contribution in [0, 0.1) is 10.1 Å². The summed E-state index contributed by atoms with van der Waals surface area (Å²) in [6.45, 7) is -0.342. The van der Waals surface area contributed by atoms with Gasteiger partial charge in [-0.25, -0.2) is 0 Å². The zero-order valence-corrected chi connectivity index (χ0v) is 16.5. The van der Waals surface area contributed by atoms with Gasteiger partial charge >= 0.3 is 5.69 Å². The van der Waals surface area contributed by atoms with E-state index in [0.717, 1.165) is 11.1 Å². The summed E-state index contributed by atoms with van der Waals surface area (Å²) in [6, 6.07) is 23.4. The van der Waals surface area contributed by atoms with Crippen LogP contribution in [0.25, 0.3) is 0 Å². The monoisotopic (exact) mass is 406 g/mol. The highest BCUT2D eigenvalue weighted by Crippen LogP contribution is 2.31. The Hall–Kier alpha value is -3.87. The van der Waals surface area contributed by atoms with E-state index in [0.29, 0.717) is 12.2 Å². The number of nitro benzene ring substituents is 1. The lowest BCUT2D eigenvalue weighted by atomic mass is 9.99. The summed E-state index contributed by atoms with van der Waals surface area (Å²) < 4.78 is 10.4. The fraction of sp³-hybridized carbons (Fsp3) is 0.174. The number of rotatable bonds is 9. The van der Waals surface area contributed by atoms with E-state index in [1.165, 1.54) is 19.2 Å². The molecule has 154 valence electrons. The van der Waals surface area contributed by atoms with E-state index in [1.807, 2.05) is 60.7 Å². The van der Waals surface area contributed by atoms with Gasteiger partial charge in [0.25, 0.3) is 5.91 Å². The van der Waals surface area contributed by atoms with Gasteiger partial charge in [-0.1, -0.05) is 60.7 Å². The highest BCUT2D eigenvalue weighted by atomic mass is 16.6. The summed E-state index contributed by atoms with van der Waals surface area (Å²) in [5, 5.41) is 14.2. The van der Waals surface area contributed by atoms with Gasteiger partial charge in [-0.15, -0.1) is 0 Å². The van der Waals surface area contributed by atoms with Gasteiger partial charge in [-0.3, -0.25) is 14.9 Å². The summed E-state index contributed by atoms with van der Waals surface area (Å²) >= 11 is 0. The predicted molar refractivity (Wildman–Crippen MR) is 113 cm³/mol. The number of methoxy groups -OCH3 is 1. The minimum absolute atomic E-state index is 0.00951. The third kappa shape index (κ3) is 5.57. The number of nitrogens with one attached hydrogen (secondary N) is 1. The fourth-order valence-electron chi connectivity index (χ4n) is 3.06. The standard InChI is InChI=1S/C23H22N2O5/c1-29-19-12-13-22(21(15-19)25(27)28)30-16-23(26)24-20(18-10-6-3-7-11-18)14-17-8-4-2-5-9-17/h2-13,15,20H,14,16H2,1H3,(H,24,26)/t20-/m0/s1. The average Bonchev–Trinajstić information content (AvgIpc) is 2.78. The zero-order valence-electron chi connectivity index (χ0n) is 16.5. The van der Waals surface area contributed by atoms with Crippen molar-refractivity contribution in [1.29, 1.82) is 0 Å². The normalized spacial score (nSPS) is 11.4. The Bertz CT molecular complexity index is 993. The maximum Gasteiger partial charge on any atom is 0.314 e. The van der Waals surface area contributed by atoms with E-state index in [9.17, 15) is 14.9 Å². The van der Waals surface area contributed by atoms with Crippen LogP contribution < -0.4 is 14.8 Å². The van der Waals surface area contributed by atoms with Crippen molar-refractivity contribution in [2.75, 3.05) is 13.7 Å². The van der Waals surface area contributed by atoms with Crippen molar-refractivity contribution >= 4 is 11.6 Å². The van der Waals surface area contributed by atoms with Crippen LogP contribution in [-0.2, 0) is 11.2 Å². The van der Waals surface area contributed by atoms with Gasteiger partial charge < -0.3 is 14.8 Å². The van der Waals surface area contributed by atoms with Gasteiger partial charge in [0.2, 0.25) is 0 Å². The molecular formula is C23H22N2O5. The molecule has 0 aromatic heterocycles. The molecule has 0 saturated heterocycles. The molecule has 0 heterocycles. The molecule has 1 N–H and O–H groups in total. The molecule has 3 rings (SSSR count). The molecule has 1 amide bonds. The number of benzene rings is 3. The first-order chi connectivity index (χ1) is 14.6. The SMILES string of the molecule is COc1ccc(OCC(=O)N[C@@H](Cc2ccccc2)c2ccccc2)c([N+](=O)[O-])c1. The lowest BCUT2D eigenvalue weighted by Crippen LogP contribution is -2.33. The molecule has 30 heavy (non-hydrogen) atoms. The lowest BCUT2D eigenvalue weighted by molar-refractivity contribution is -0.385. The molecule has 1 atom stereocenters. The van der Waals surface area contributed by atoms with Crippen molar-refractivity contribution in [2.45, 2.75) is 12.5 Å². The molecule has 7 heteroatoms. The molecule has 0 saturated carbocycles. The molecule has 0 fully saturated rings. The van der Waals surface area contributed by atoms with E-state index in [4.69, 9.17) is 9.47 Å². The van der Waals surface area contributed by atoms with Crippen molar-refractivity contribution in [1.82, 2.24) is 5.32 Å². The first-order valence-corrected chi connectivity index (χ1v) is 9.40. The second-order valence-electron chi connectivity index (χ2n) is 6.60. The predicted octanol–water partition coefficient (Wildman–Crippen LogP) is 4.08. The zero-order chi connectivity index (χ0) is 21.3. The first kappa shape index (κ1) is 20.9. The van der Waals surface area contributed by atoms with E-state index in [2.05, 4.69) is 5.32 Å². The quantitative estimate of drug-likeness (QED) is 0.427. The minimum atomic E-state index is -0.571. The number of nitro groups is 1. The second kappa shape index (κ2) is 10.1. The molecule has 0 aliphatic carbocycles. The fourth-order valence-corrected chi connectivity index (χ4v) is 3.06. The molecule has 3 aromatic rings. The lowest BCUT2D eigenvalue weighted by Gasteiger charge is -2.20. The Morgan fingerprint density at radius 3 is 2.33 bits per heavy atom. The van der Waals surface area contributed by atoms with Crippen molar-refractivity contribution in [3.8, 4) is 11.5 Å². The van der Waals surface area contributed by atoms with E-state index < -0.39 is 4.92 Å². The highest BCUT2D eigenvalue weighted by Gasteiger charge is 2.19. The second-order valence-corrected chi connectivity index (χ2v) is 6.60. The maximum absolute atomic E-state index is 12.6. The molecular weight excluding hydrogens is 384 g/mol. The van der Waals surface area contributed by atoms with Crippen LogP contribution in [-0.4, -0.2) is 24.5 Å². The third-order valence-corrected chi connectivity index (χ3v) is 4.54. The molecule has 0 aliphatic rings. The number of nitrogens with zero attached hydrogens (tertiary/aromatic N) is 1. The number of hydrogen-bond acceptors (Lipinski definition) is 5. The van der Waals surface area contributed by atoms with Crippen molar-refractivity contribution in [3.63, 3.8) is 0 Å². The largest absolute Gasteiger partial charge is 0.496 e. The van der Waals surface area contributed by atoms with Crippen LogP contribution in [0.3, 0.4) is 0 Å². The first-order valence-electron chi connectivity index (χ1n) is 9.40. The average molecular weight is 406 g/mol. The summed E-state index contributed by atoms with van der Waals surface area (Å²) in [6.07, 6.45) is 0.610. The van der Waals surface area contributed by atoms with Crippen LogP contribution >= 0.6 is 0 Å². The Morgan fingerprint density at radius 1 is 1.03 bits per heavy atom. The smallest absolute Gasteiger partial charge is 0.314 e. The van der Waals surface area contributed by atoms with E-state index >= 15 is 0 Å². The van der Waals surface area contributed by atoms with Crippen LogP contribution in [0.2, 0.25) is 0 Å². The van der Waals surface area contributed by atoms with Gasteiger partial charge in [0.1, 0.15) is 5.75 Å². The van der Waals surface area contributed by atoms with Crippen LogP contribution in [0.4, 0.5) is 5.69 Å². The maximum atomic E-state index is 12.6. The molecule has 0 aliphatic heterocycles. The number of carbonyl (C=O) groups excluding carboxylic acids is 1. The molecule has 3 aromatic carbocycles. The van der Waals surface area contributed by atoms with Gasteiger partial charge in [-0.2, -0.15) is 0 Å².